The smallest absolute Gasteiger partial charge is 0.243 e. The predicted molar refractivity (Wildman–Crippen MR) is 84.4 cm³/mol. The third-order valence-corrected chi connectivity index (χ3v) is 4.24. The van der Waals surface area contributed by atoms with Crippen molar-refractivity contribution in [2.75, 3.05) is 0 Å². The molecule has 1 aromatic carbocycles. The minimum atomic E-state index is -0.172. The van der Waals surface area contributed by atoms with Gasteiger partial charge >= 0.3 is 0 Å². The van der Waals surface area contributed by atoms with Crippen LogP contribution in [0.15, 0.2) is 38.2 Å². The van der Waals surface area contributed by atoms with E-state index >= 15 is 0 Å². The van der Waals surface area contributed by atoms with Crippen molar-refractivity contribution in [1.29, 1.82) is 0 Å². The monoisotopic (exact) mass is 355 g/mol. The van der Waals surface area contributed by atoms with Crippen LogP contribution >= 0.6 is 27.7 Å². The Balaban J connectivity index is 1.91. The van der Waals surface area contributed by atoms with Gasteiger partial charge in [-0.25, -0.2) is 0 Å². The zero-order valence-electron chi connectivity index (χ0n) is 11.5. The van der Waals surface area contributed by atoms with Gasteiger partial charge in [0.05, 0.1) is 11.8 Å². The minimum absolute atomic E-state index is 0.172. The average molecular weight is 356 g/mol. The summed E-state index contributed by atoms with van der Waals surface area (Å²) in [7, 11) is 0. The van der Waals surface area contributed by atoms with Crippen molar-refractivity contribution in [3.63, 3.8) is 0 Å². The number of thioether (sulfide) groups is 1. The van der Waals surface area contributed by atoms with Crippen LogP contribution in [0.25, 0.3) is 0 Å². The molecule has 0 aliphatic heterocycles. The van der Waals surface area contributed by atoms with Gasteiger partial charge in [0.2, 0.25) is 5.89 Å². The fourth-order valence-corrected chi connectivity index (χ4v) is 2.77. The van der Waals surface area contributed by atoms with Crippen LogP contribution in [0.5, 0.6) is 0 Å². The highest BCUT2D eigenvalue weighted by molar-refractivity contribution is 9.10. The first kappa shape index (κ1) is 15.5. The van der Waals surface area contributed by atoms with E-state index in [-0.39, 0.29) is 6.04 Å². The lowest BCUT2D eigenvalue weighted by Crippen LogP contribution is -2.13. The highest BCUT2D eigenvalue weighted by Crippen LogP contribution is 2.24. The summed E-state index contributed by atoms with van der Waals surface area (Å²) in [5, 5.41) is 3.98. The Labute approximate surface area is 131 Å². The summed E-state index contributed by atoms with van der Waals surface area (Å²) in [5.74, 6) is 2.41. The Hall–Kier alpha value is -0.850. The van der Waals surface area contributed by atoms with Gasteiger partial charge in [0, 0.05) is 9.37 Å². The first-order chi connectivity index (χ1) is 9.54. The molecule has 0 aliphatic carbocycles. The molecule has 1 unspecified atom stereocenters. The van der Waals surface area contributed by atoms with E-state index < -0.39 is 0 Å². The van der Waals surface area contributed by atoms with Gasteiger partial charge < -0.3 is 10.3 Å². The van der Waals surface area contributed by atoms with E-state index in [0.29, 0.717) is 23.4 Å². The maximum atomic E-state index is 6.02. The molecule has 0 radical (unpaired) electrons. The van der Waals surface area contributed by atoms with Crippen molar-refractivity contribution < 1.29 is 4.52 Å². The third kappa shape index (κ3) is 4.61. The molecular formula is C14H18BrN3OS. The van der Waals surface area contributed by atoms with Crippen LogP contribution in [0.1, 0.15) is 38.0 Å². The van der Waals surface area contributed by atoms with Crippen molar-refractivity contribution in [1.82, 2.24) is 10.1 Å². The van der Waals surface area contributed by atoms with Gasteiger partial charge in [-0.1, -0.05) is 34.9 Å². The van der Waals surface area contributed by atoms with E-state index in [1.165, 1.54) is 4.90 Å². The highest BCUT2D eigenvalue weighted by Gasteiger charge is 2.16. The quantitative estimate of drug-likeness (QED) is 0.787. The summed E-state index contributed by atoms with van der Waals surface area (Å²) in [4.78, 5) is 5.54. The Morgan fingerprint density at radius 3 is 2.65 bits per heavy atom. The standard InChI is InChI=1S/C14H18BrN3OS/c1-9(2)7-12(16)14-17-13(18-19-14)8-20-11-5-3-10(15)4-6-11/h3-6,9,12H,7-8,16H2,1-2H3. The molecule has 1 aromatic heterocycles. The fourth-order valence-electron chi connectivity index (χ4n) is 1.76. The van der Waals surface area contributed by atoms with Crippen LogP contribution < -0.4 is 5.73 Å². The molecule has 0 saturated heterocycles. The number of nitrogens with two attached hydrogens (primary N) is 1. The van der Waals surface area contributed by atoms with Crippen LogP contribution in [-0.2, 0) is 5.75 Å². The van der Waals surface area contributed by atoms with Gasteiger partial charge in [0.25, 0.3) is 0 Å². The third-order valence-electron chi connectivity index (χ3n) is 2.71. The SMILES string of the molecule is CC(C)CC(N)c1nc(CSc2ccc(Br)cc2)no1. The molecule has 20 heavy (non-hydrogen) atoms. The van der Waals surface area contributed by atoms with E-state index in [0.717, 1.165) is 10.9 Å². The second-order valence-electron chi connectivity index (χ2n) is 5.03. The molecule has 2 rings (SSSR count). The average Bonchev–Trinajstić information content (AvgIpc) is 2.86. The van der Waals surface area contributed by atoms with Crippen LogP contribution in [-0.4, -0.2) is 10.1 Å². The Morgan fingerprint density at radius 2 is 2.00 bits per heavy atom. The second-order valence-corrected chi connectivity index (χ2v) is 6.99. The lowest BCUT2D eigenvalue weighted by atomic mass is 10.0. The Bertz CT molecular complexity index is 542. The van der Waals surface area contributed by atoms with Gasteiger partial charge in [-0.05, 0) is 36.6 Å². The van der Waals surface area contributed by atoms with Gasteiger partial charge in [-0.2, -0.15) is 4.98 Å². The Morgan fingerprint density at radius 1 is 1.30 bits per heavy atom. The van der Waals surface area contributed by atoms with Gasteiger partial charge in [-0.3, -0.25) is 0 Å². The summed E-state index contributed by atoms with van der Waals surface area (Å²) in [6.45, 7) is 4.25. The van der Waals surface area contributed by atoms with Gasteiger partial charge in [0.15, 0.2) is 5.82 Å². The van der Waals surface area contributed by atoms with Crippen molar-refractivity contribution in [2.24, 2.45) is 11.7 Å². The zero-order valence-corrected chi connectivity index (χ0v) is 13.9. The number of nitrogens with zero attached hydrogens (tertiary/aromatic N) is 2. The molecular weight excluding hydrogens is 338 g/mol. The maximum Gasteiger partial charge on any atom is 0.243 e. The van der Waals surface area contributed by atoms with Crippen molar-refractivity contribution >= 4 is 27.7 Å². The molecule has 0 fully saturated rings. The summed E-state index contributed by atoms with van der Waals surface area (Å²) in [5.41, 5.74) is 6.02. The van der Waals surface area contributed by atoms with Crippen molar-refractivity contribution in [3.8, 4) is 0 Å². The normalized spacial score (nSPS) is 12.8. The van der Waals surface area contributed by atoms with E-state index in [4.69, 9.17) is 10.3 Å². The number of hydrogen-bond donors (Lipinski definition) is 1. The number of halogens is 1. The molecule has 0 saturated carbocycles. The fraction of sp³-hybridized carbons (Fsp3) is 0.429. The van der Waals surface area contributed by atoms with E-state index in [1.54, 1.807) is 11.8 Å². The minimum Gasteiger partial charge on any atom is -0.338 e. The number of aromatic nitrogens is 2. The molecule has 2 aromatic rings. The van der Waals surface area contributed by atoms with Crippen LogP contribution in [0.2, 0.25) is 0 Å². The van der Waals surface area contributed by atoms with Crippen molar-refractivity contribution in [2.45, 2.75) is 37.0 Å². The summed E-state index contributed by atoms with van der Waals surface area (Å²) < 4.78 is 6.30. The lowest BCUT2D eigenvalue weighted by molar-refractivity contribution is 0.333. The molecule has 0 amide bonds. The molecule has 1 atom stereocenters. The van der Waals surface area contributed by atoms with Gasteiger partial charge in [0.1, 0.15) is 0 Å². The van der Waals surface area contributed by atoms with E-state index in [1.807, 2.05) is 12.1 Å². The largest absolute Gasteiger partial charge is 0.338 e. The van der Waals surface area contributed by atoms with Crippen molar-refractivity contribution in [3.05, 3.63) is 40.5 Å². The van der Waals surface area contributed by atoms with Crippen LogP contribution in [0, 0.1) is 5.92 Å². The number of benzene rings is 1. The highest BCUT2D eigenvalue weighted by atomic mass is 79.9. The summed E-state index contributed by atoms with van der Waals surface area (Å²) >= 11 is 5.09. The maximum absolute atomic E-state index is 6.02. The molecule has 4 nitrogen and oxygen atoms in total. The second kappa shape index (κ2) is 7.24. The first-order valence-corrected chi connectivity index (χ1v) is 8.29. The molecule has 0 spiro atoms. The van der Waals surface area contributed by atoms with Crippen LogP contribution in [0.4, 0.5) is 0 Å². The molecule has 0 bridgehead atoms. The summed E-state index contributed by atoms with van der Waals surface area (Å²) in [6, 6.07) is 7.97. The van der Waals surface area contributed by atoms with E-state index in [2.05, 4.69) is 52.1 Å². The summed E-state index contributed by atoms with van der Waals surface area (Å²) in [6.07, 6.45) is 0.849. The number of hydrogen-bond acceptors (Lipinski definition) is 5. The van der Waals surface area contributed by atoms with Gasteiger partial charge in [-0.15, -0.1) is 11.8 Å². The first-order valence-electron chi connectivity index (χ1n) is 6.51. The number of rotatable bonds is 6. The Kier molecular flexibility index (Phi) is 5.63. The molecule has 1 heterocycles. The lowest BCUT2D eigenvalue weighted by Gasteiger charge is -2.08. The molecule has 2 N–H and O–H groups in total. The van der Waals surface area contributed by atoms with Crippen LogP contribution in [0.3, 0.4) is 0 Å². The predicted octanol–water partition coefficient (Wildman–Crippen LogP) is 4.17. The zero-order chi connectivity index (χ0) is 14.5. The molecule has 0 aliphatic rings. The molecule has 108 valence electrons. The van der Waals surface area contributed by atoms with E-state index in [9.17, 15) is 0 Å². The molecule has 6 heteroatoms. The topological polar surface area (TPSA) is 64.9 Å².